The lowest BCUT2D eigenvalue weighted by Gasteiger charge is -2.15. The molecule has 2 aromatic heterocycles. The van der Waals surface area contributed by atoms with Crippen LogP contribution in [0.1, 0.15) is 66.7 Å². The molecule has 0 aliphatic carbocycles. The second-order valence-electron chi connectivity index (χ2n) is 10.6. The Hall–Kier alpha value is -4.19. The summed E-state index contributed by atoms with van der Waals surface area (Å²) in [6.45, 7) is 9.47. The van der Waals surface area contributed by atoms with Gasteiger partial charge in [0.2, 0.25) is 5.91 Å². The van der Waals surface area contributed by atoms with Crippen molar-refractivity contribution in [2.45, 2.75) is 52.5 Å². The average molecular weight is 506 g/mol. The van der Waals surface area contributed by atoms with Crippen molar-refractivity contribution in [1.29, 1.82) is 0 Å². The van der Waals surface area contributed by atoms with E-state index in [0.29, 0.717) is 5.56 Å². The summed E-state index contributed by atoms with van der Waals surface area (Å²) in [6, 6.07) is 22.4. The molecule has 2 heterocycles. The van der Waals surface area contributed by atoms with Crippen LogP contribution in [0.5, 0.6) is 0 Å². The molecule has 0 spiro atoms. The Morgan fingerprint density at radius 1 is 0.921 bits per heavy atom. The van der Waals surface area contributed by atoms with Crippen molar-refractivity contribution in [3.8, 4) is 22.6 Å². The Balaban J connectivity index is 1.61. The van der Waals surface area contributed by atoms with Gasteiger partial charge in [-0.1, -0.05) is 76.2 Å². The number of hydrogen-bond acceptors (Lipinski definition) is 3. The van der Waals surface area contributed by atoms with Gasteiger partial charge in [0.15, 0.2) is 0 Å². The Morgan fingerprint density at radius 2 is 1.68 bits per heavy atom. The van der Waals surface area contributed by atoms with Gasteiger partial charge in [0.05, 0.1) is 11.2 Å². The number of nitrogens with zero attached hydrogens (tertiary/aromatic N) is 4. The minimum atomic E-state index is -0.419. The van der Waals surface area contributed by atoms with Crippen LogP contribution in [0.2, 0.25) is 0 Å². The molecule has 0 bridgehead atoms. The predicted octanol–water partition coefficient (Wildman–Crippen LogP) is 6.69. The van der Waals surface area contributed by atoms with Gasteiger partial charge in [0.1, 0.15) is 5.82 Å². The number of imidazole rings is 1. The number of rotatable bonds is 8. The summed E-state index contributed by atoms with van der Waals surface area (Å²) in [5.74, 6) is 0.931. The van der Waals surface area contributed by atoms with Crippen LogP contribution in [0.25, 0.3) is 33.5 Å². The fourth-order valence-electron chi connectivity index (χ4n) is 5.31. The normalized spacial score (nSPS) is 11.7. The van der Waals surface area contributed by atoms with Gasteiger partial charge in [-0.05, 0) is 47.6 Å². The van der Waals surface area contributed by atoms with Crippen molar-refractivity contribution in [1.82, 2.24) is 19.3 Å². The quantitative estimate of drug-likeness (QED) is 0.255. The highest BCUT2D eigenvalue weighted by Gasteiger charge is 2.24. The monoisotopic (exact) mass is 505 g/mol. The molecule has 38 heavy (non-hydrogen) atoms. The van der Waals surface area contributed by atoms with Crippen LogP contribution < -0.4 is 5.73 Å². The van der Waals surface area contributed by atoms with Crippen LogP contribution in [0.3, 0.4) is 0 Å². The third-order valence-corrected chi connectivity index (χ3v) is 7.21. The maximum Gasteiger partial charge on any atom is 0.248 e. The van der Waals surface area contributed by atoms with Crippen LogP contribution in [0, 0.1) is 0 Å². The minimum Gasteiger partial charge on any atom is -0.366 e. The maximum atomic E-state index is 11.9. The lowest BCUT2D eigenvalue weighted by molar-refractivity contribution is 0.1000. The number of hydrogen-bond donors (Lipinski definition) is 1. The lowest BCUT2D eigenvalue weighted by Crippen LogP contribution is -2.12. The summed E-state index contributed by atoms with van der Waals surface area (Å²) in [7, 11) is 2.08. The van der Waals surface area contributed by atoms with Crippen molar-refractivity contribution >= 4 is 16.8 Å². The van der Waals surface area contributed by atoms with Crippen LogP contribution in [0.15, 0.2) is 72.9 Å². The van der Waals surface area contributed by atoms with Crippen LogP contribution in [0.4, 0.5) is 0 Å². The molecule has 5 rings (SSSR count). The molecule has 0 atom stereocenters. The molecule has 6 nitrogen and oxygen atoms in total. The Bertz CT molecular complexity index is 1610. The van der Waals surface area contributed by atoms with Crippen LogP contribution in [-0.4, -0.2) is 25.2 Å². The van der Waals surface area contributed by atoms with E-state index >= 15 is 0 Å². The SMILES string of the molecule is CC(C)c1cc(C(N)=O)ccc1-c1nc(-c2cccc3nn(CCc4ccccc4)cc23)c(C(C)C)n1C. The maximum absolute atomic E-state index is 11.9. The molecular weight excluding hydrogens is 470 g/mol. The highest BCUT2D eigenvalue weighted by atomic mass is 16.1. The van der Waals surface area contributed by atoms with E-state index in [4.69, 9.17) is 15.8 Å². The zero-order valence-electron chi connectivity index (χ0n) is 22.8. The number of nitrogens with two attached hydrogens (primary N) is 1. The number of primary amides is 1. The highest BCUT2D eigenvalue weighted by molar-refractivity contribution is 5.95. The zero-order valence-corrected chi connectivity index (χ0v) is 22.8. The summed E-state index contributed by atoms with van der Waals surface area (Å²) in [4.78, 5) is 17.1. The van der Waals surface area contributed by atoms with E-state index in [1.165, 1.54) is 11.3 Å². The largest absolute Gasteiger partial charge is 0.366 e. The lowest BCUT2D eigenvalue weighted by atomic mass is 9.94. The highest BCUT2D eigenvalue weighted by Crippen LogP contribution is 2.38. The second-order valence-corrected chi connectivity index (χ2v) is 10.6. The van der Waals surface area contributed by atoms with Gasteiger partial charge in [-0.3, -0.25) is 9.48 Å². The van der Waals surface area contributed by atoms with E-state index in [0.717, 1.165) is 52.1 Å². The molecule has 0 aliphatic heterocycles. The third kappa shape index (κ3) is 4.74. The number of aryl methyl sites for hydroxylation is 2. The van der Waals surface area contributed by atoms with Crippen molar-refractivity contribution < 1.29 is 4.79 Å². The Labute approximate surface area is 224 Å². The number of benzene rings is 3. The van der Waals surface area contributed by atoms with Gasteiger partial charge in [0, 0.05) is 47.6 Å². The minimum absolute atomic E-state index is 0.207. The molecule has 0 fully saturated rings. The molecule has 3 aromatic carbocycles. The summed E-state index contributed by atoms with van der Waals surface area (Å²) in [5.41, 5.74) is 13.7. The van der Waals surface area contributed by atoms with E-state index < -0.39 is 5.91 Å². The first-order valence-electron chi connectivity index (χ1n) is 13.3. The van der Waals surface area contributed by atoms with Gasteiger partial charge in [-0.15, -0.1) is 0 Å². The molecule has 0 saturated heterocycles. The predicted molar refractivity (Wildman–Crippen MR) is 154 cm³/mol. The number of amides is 1. The number of aromatic nitrogens is 4. The van der Waals surface area contributed by atoms with Gasteiger partial charge in [-0.25, -0.2) is 4.98 Å². The smallest absolute Gasteiger partial charge is 0.248 e. The molecule has 0 unspecified atom stereocenters. The summed E-state index contributed by atoms with van der Waals surface area (Å²) >= 11 is 0. The van der Waals surface area contributed by atoms with E-state index in [1.54, 1.807) is 6.07 Å². The molecule has 0 radical (unpaired) electrons. The van der Waals surface area contributed by atoms with Crippen molar-refractivity contribution in [3.63, 3.8) is 0 Å². The van der Waals surface area contributed by atoms with Gasteiger partial charge >= 0.3 is 0 Å². The molecule has 5 aromatic rings. The first kappa shape index (κ1) is 25.5. The summed E-state index contributed by atoms with van der Waals surface area (Å²) < 4.78 is 4.24. The average Bonchev–Trinajstić information content (AvgIpc) is 3.48. The fourth-order valence-corrected chi connectivity index (χ4v) is 5.31. The fraction of sp³-hybridized carbons (Fsp3) is 0.281. The first-order valence-corrected chi connectivity index (χ1v) is 13.3. The molecule has 0 saturated carbocycles. The van der Waals surface area contributed by atoms with Gasteiger partial charge in [-0.2, -0.15) is 5.10 Å². The number of carbonyl (C=O) groups excluding carboxylic acids is 1. The Kier molecular flexibility index (Phi) is 6.89. The molecule has 0 aliphatic rings. The zero-order chi connectivity index (χ0) is 27.0. The third-order valence-electron chi connectivity index (χ3n) is 7.21. The summed E-state index contributed by atoms with van der Waals surface area (Å²) in [6.07, 6.45) is 3.07. The van der Waals surface area contributed by atoms with E-state index in [2.05, 4.69) is 88.0 Å². The van der Waals surface area contributed by atoms with Crippen molar-refractivity contribution in [2.24, 2.45) is 12.8 Å². The van der Waals surface area contributed by atoms with Gasteiger partial charge in [0.25, 0.3) is 0 Å². The van der Waals surface area contributed by atoms with Crippen LogP contribution >= 0.6 is 0 Å². The van der Waals surface area contributed by atoms with E-state index in [1.807, 2.05) is 22.9 Å². The number of carbonyl (C=O) groups is 1. The molecule has 2 N–H and O–H groups in total. The van der Waals surface area contributed by atoms with Crippen molar-refractivity contribution in [2.75, 3.05) is 0 Å². The van der Waals surface area contributed by atoms with E-state index in [-0.39, 0.29) is 11.8 Å². The summed E-state index contributed by atoms with van der Waals surface area (Å²) in [5, 5.41) is 5.98. The topological polar surface area (TPSA) is 78.7 Å². The Morgan fingerprint density at radius 3 is 2.37 bits per heavy atom. The molecule has 1 amide bonds. The van der Waals surface area contributed by atoms with Gasteiger partial charge < -0.3 is 10.3 Å². The molecule has 6 heteroatoms. The van der Waals surface area contributed by atoms with E-state index in [9.17, 15) is 4.79 Å². The van der Waals surface area contributed by atoms with Crippen LogP contribution in [-0.2, 0) is 20.0 Å². The molecule has 194 valence electrons. The standard InChI is InChI=1S/C32H35N5O/c1-20(2)26-18-23(31(33)38)14-15-25(26)32-34-29(30(21(3)4)36(32)5)24-12-9-13-28-27(24)19-37(35-28)17-16-22-10-7-6-8-11-22/h6-15,18-21H,16-17H2,1-5H3,(H2,33,38). The molecular formula is C32H35N5O. The first-order chi connectivity index (χ1) is 18.2. The second kappa shape index (κ2) is 10.3. The van der Waals surface area contributed by atoms with Crippen molar-refractivity contribution in [3.05, 3.63) is 95.3 Å². The number of fused-ring (bicyclic) bond motifs is 1.